The number of hydrogen-bond donors (Lipinski definition) is 1. The van der Waals surface area contributed by atoms with E-state index in [1.807, 2.05) is 26.8 Å². The van der Waals surface area contributed by atoms with Gasteiger partial charge in [-0.3, -0.25) is 14.9 Å². The lowest BCUT2D eigenvalue weighted by Crippen LogP contribution is -2.20. The molecule has 10 nitrogen and oxygen atoms in total. The summed E-state index contributed by atoms with van der Waals surface area (Å²) in [6.07, 6.45) is 1.73. The molecule has 10 heteroatoms. The van der Waals surface area contributed by atoms with Crippen LogP contribution in [0.1, 0.15) is 17.1 Å². The number of rotatable bonds is 5. The number of non-ortho nitro benzene ring substituents is 1. The number of fused-ring (bicyclic) bond motifs is 1. The second-order valence-corrected chi connectivity index (χ2v) is 7.03. The van der Waals surface area contributed by atoms with E-state index in [0.29, 0.717) is 22.8 Å². The molecule has 0 aliphatic heterocycles. The number of nitrogens with zero attached hydrogens (tertiary/aromatic N) is 6. The topological polar surface area (TPSA) is 121 Å². The van der Waals surface area contributed by atoms with E-state index in [1.54, 1.807) is 29.0 Å². The maximum absolute atomic E-state index is 12.7. The Morgan fingerprint density at radius 1 is 1.07 bits per heavy atom. The van der Waals surface area contributed by atoms with Gasteiger partial charge in [-0.05, 0) is 39.0 Å². The van der Waals surface area contributed by atoms with Crippen molar-refractivity contribution < 1.29 is 9.72 Å². The summed E-state index contributed by atoms with van der Waals surface area (Å²) in [6.45, 7) is 5.60. The van der Waals surface area contributed by atoms with Crippen LogP contribution in [0.3, 0.4) is 0 Å². The van der Waals surface area contributed by atoms with Gasteiger partial charge in [-0.15, -0.1) is 0 Å². The molecule has 0 atom stereocenters. The van der Waals surface area contributed by atoms with Gasteiger partial charge in [0.15, 0.2) is 0 Å². The Kier molecular flexibility index (Phi) is 4.74. The zero-order valence-electron chi connectivity index (χ0n) is 16.7. The van der Waals surface area contributed by atoms with E-state index >= 15 is 0 Å². The smallest absolute Gasteiger partial charge is 0.270 e. The summed E-state index contributed by atoms with van der Waals surface area (Å²) in [5, 5.41) is 18.9. The molecule has 3 aromatic heterocycles. The number of aryl methyl sites for hydroxylation is 3. The highest BCUT2D eigenvalue weighted by molar-refractivity contribution is 5.92. The van der Waals surface area contributed by atoms with Crippen LogP contribution in [0, 0.1) is 30.9 Å². The van der Waals surface area contributed by atoms with E-state index in [9.17, 15) is 14.9 Å². The first-order chi connectivity index (χ1) is 14.3. The first kappa shape index (κ1) is 19.2. The number of carbonyl (C=O) groups is 1. The molecule has 1 aromatic carbocycles. The van der Waals surface area contributed by atoms with Crippen LogP contribution in [0.5, 0.6) is 0 Å². The fraction of sp³-hybridized carbons (Fsp3) is 0.200. The van der Waals surface area contributed by atoms with Crippen LogP contribution < -0.4 is 5.32 Å². The SMILES string of the molecule is Cc1cc(C)nc(-n2nc(C)cc2NC(=O)Cn2ccc3cc([N+](=O)[O-])ccc32)n1. The maximum Gasteiger partial charge on any atom is 0.270 e. The molecule has 0 aliphatic rings. The molecule has 1 amide bonds. The number of hydrogen-bond acceptors (Lipinski definition) is 6. The molecule has 30 heavy (non-hydrogen) atoms. The van der Waals surface area contributed by atoms with Crippen LogP contribution in [0.2, 0.25) is 0 Å². The molecule has 0 fully saturated rings. The molecule has 0 saturated carbocycles. The van der Waals surface area contributed by atoms with Gasteiger partial charge >= 0.3 is 0 Å². The van der Waals surface area contributed by atoms with Crippen LogP contribution in [-0.4, -0.2) is 35.1 Å². The quantitative estimate of drug-likeness (QED) is 0.402. The molecule has 3 heterocycles. The molecule has 0 unspecified atom stereocenters. The van der Waals surface area contributed by atoms with Crippen molar-refractivity contribution in [3.63, 3.8) is 0 Å². The predicted molar refractivity (Wildman–Crippen MR) is 111 cm³/mol. The average Bonchev–Trinajstić information content (AvgIpc) is 3.23. The van der Waals surface area contributed by atoms with Crippen LogP contribution >= 0.6 is 0 Å². The van der Waals surface area contributed by atoms with E-state index in [4.69, 9.17) is 0 Å². The number of aromatic nitrogens is 5. The standard InChI is InChI=1S/C20H19N7O3/c1-12-8-13(2)22-20(21-12)26-18(9-14(3)24-26)23-19(28)11-25-7-6-15-10-16(27(29)30)4-5-17(15)25/h4-10H,11H2,1-3H3,(H,23,28). The molecule has 0 bridgehead atoms. The van der Waals surface area contributed by atoms with Gasteiger partial charge in [0.1, 0.15) is 12.4 Å². The number of anilines is 1. The Morgan fingerprint density at radius 3 is 2.50 bits per heavy atom. The van der Waals surface area contributed by atoms with Gasteiger partial charge in [0, 0.05) is 46.7 Å². The first-order valence-corrected chi connectivity index (χ1v) is 9.22. The molecule has 0 spiro atoms. The summed E-state index contributed by atoms with van der Waals surface area (Å²) >= 11 is 0. The number of benzene rings is 1. The molecule has 152 valence electrons. The molecular weight excluding hydrogens is 386 g/mol. The van der Waals surface area contributed by atoms with Crippen molar-refractivity contribution in [2.45, 2.75) is 27.3 Å². The summed E-state index contributed by atoms with van der Waals surface area (Å²) < 4.78 is 3.24. The summed E-state index contributed by atoms with van der Waals surface area (Å²) in [5.74, 6) is 0.584. The van der Waals surface area contributed by atoms with Crippen molar-refractivity contribution >= 4 is 28.3 Å². The Labute approximate surface area is 171 Å². The lowest BCUT2D eigenvalue weighted by molar-refractivity contribution is -0.384. The highest BCUT2D eigenvalue weighted by Crippen LogP contribution is 2.22. The highest BCUT2D eigenvalue weighted by atomic mass is 16.6. The Balaban J connectivity index is 1.58. The van der Waals surface area contributed by atoms with E-state index < -0.39 is 4.92 Å². The molecule has 0 saturated heterocycles. The maximum atomic E-state index is 12.7. The van der Waals surface area contributed by atoms with E-state index in [1.165, 1.54) is 16.8 Å². The van der Waals surface area contributed by atoms with Crippen molar-refractivity contribution in [2.24, 2.45) is 0 Å². The second kappa shape index (κ2) is 7.39. The number of carbonyl (C=O) groups excluding carboxylic acids is 1. The van der Waals surface area contributed by atoms with Crippen molar-refractivity contribution in [3.8, 4) is 5.95 Å². The third-order valence-electron chi connectivity index (χ3n) is 4.54. The van der Waals surface area contributed by atoms with Gasteiger partial charge in [0.05, 0.1) is 10.6 Å². The fourth-order valence-electron chi connectivity index (χ4n) is 3.32. The first-order valence-electron chi connectivity index (χ1n) is 9.22. The lowest BCUT2D eigenvalue weighted by Gasteiger charge is -2.10. The Hall–Kier alpha value is -4.08. The molecular formula is C20H19N7O3. The molecule has 4 rings (SSSR count). The van der Waals surface area contributed by atoms with Gasteiger partial charge in [-0.25, -0.2) is 9.97 Å². The normalized spacial score (nSPS) is 11.0. The number of nitro groups is 1. The minimum atomic E-state index is -0.442. The van der Waals surface area contributed by atoms with E-state index in [0.717, 1.165) is 16.9 Å². The van der Waals surface area contributed by atoms with Crippen LogP contribution in [-0.2, 0) is 11.3 Å². The zero-order valence-corrected chi connectivity index (χ0v) is 16.7. The highest BCUT2D eigenvalue weighted by Gasteiger charge is 2.15. The van der Waals surface area contributed by atoms with Crippen LogP contribution in [0.25, 0.3) is 16.9 Å². The fourth-order valence-corrected chi connectivity index (χ4v) is 3.32. The molecule has 1 N–H and O–H groups in total. The predicted octanol–water partition coefficient (Wildman–Crippen LogP) is 3.09. The summed E-state index contributed by atoms with van der Waals surface area (Å²) in [4.78, 5) is 32.0. The minimum Gasteiger partial charge on any atom is -0.338 e. The van der Waals surface area contributed by atoms with Gasteiger partial charge in [-0.2, -0.15) is 9.78 Å². The van der Waals surface area contributed by atoms with Crippen molar-refractivity contribution in [1.29, 1.82) is 0 Å². The van der Waals surface area contributed by atoms with Gasteiger partial charge in [0.2, 0.25) is 5.91 Å². The molecule has 4 aromatic rings. The van der Waals surface area contributed by atoms with Crippen LogP contribution in [0.4, 0.5) is 11.5 Å². The van der Waals surface area contributed by atoms with E-state index in [-0.39, 0.29) is 18.1 Å². The lowest BCUT2D eigenvalue weighted by atomic mass is 10.2. The van der Waals surface area contributed by atoms with Gasteiger partial charge < -0.3 is 9.88 Å². The minimum absolute atomic E-state index is 0.0116. The summed E-state index contributed by atoms with van der Waals surface area (Å²) in [6, 6.07) is 9.90. The van der Waals surface area contributed by atoms with E-state index in [2.05, 4.69) is 20.4 Å². The Bertz CT molecular complexity index is 1270. The van der Waals surface area contributed by atoms with Gasteiger partial charge in [0.25, 0.3) is 11.6 Å². The Morgan fingerprint density at radius 2 is 1.80 bits per heavy atom. The van der Waals surface area contributed by atoms with Crippen molar-refractivity contribution in [2.75, 3.05) is 5.32 Å². The van der Waals surface area contributed by atoms with Crippen molar-refractivity contribution in [1.82, 2.24) is 24.3 Å². The monoisotopic (exact) mass is 405 g/mol. The van der Waals surface area contributed by atoms with Gasteiger partial charge in [-0.1, -0.05) is 0 Å². The summed E-state index contributed by atoms with van der Waals surface area (Å²) in [5.41, 5.74) is 3.06. The second-order valence-electron chi connectivity index (χ2n) is 7.03. The third kappa shape index (κ3) is 3.75. The number of amides is 1. The zero-order chi connectivity index (χ0) is 21.4. The summed E-state index contributed by atoms with van der Waals surface area (Å²) in [7, 11) is 0. The average molecular weight is 405 g/mol. The van der Waals surface area contributed by atoms with Crippen molar-refractivity contribution in [3.05, 3.63) is 69.8 Å². The van der Waals surface area contributed by atoms with Crippen LogP contribution in [0.15, 0.2) is 42.6 Å². The molecule has 0 aliphatic carbocycles. The largest absolute Gasteiger partial charge is 0.338 e. The number of nitro benzene ring substituents is 1. The number of nitrogens with one attached hydrogen (secondary N) is 1. The third-order valence-corrected chi connectivity index (χ3v) is 4.54. The molecule has 0 radical (unpaired) electrons.